The molecule has 0 unspecified atom stereocenters. The monoisotopic (exact) mass is 417 g/mol. The van der Waals surface area contributed by atoms with E-state index < -0.39 is 0 Å². The normalized spacial score (nSPS) is 13.9. The standard InChI is InChI=1S/C25H24FN3O2/c26-21-9-4-8-20(16-21)18-28-14-5-15-29(25(28)31)23-12-10-22(11-13-23)27-24(30)17-19-6-2-1-3-7-19/h1-4,6-13,16H,5,14-15,17-18H2,(H,27,30). The van der Waals surface area contributed by atoms with Crippen molar-refractivity contribution in [3.05, 3.63) is 95.8 Å². The zero-order valence-corrected chi connectivity index (χ0v) is 17.1. The molecule has 1 fully saturated rings. The zero-order valence-electron chi connectivity index (χ0n) is 17.1. The van der Waals surface area contributed by atoms with E-state index in [0.29, 0.717) is 31.7 Å². The molecule has 3 amide bonds. The molecule has 1 aliphatic heterocycles. The summed E-state index contributed by atoms with van der Waals surface area (Å²) in [7, 11) is 0. The van der Waals surface area contributed by atoms with Gasteiger partial charge in [-0.1, -0.05) is 42.5 Å². The van der Waals surface area contributed by atoms with Crippen LogP contribution in [0.15, 0.2) is 78.9 Å². The summed E-state index contributed by atoms with van der Waals surface area (Å²) in [6, 6.07) is 23.1. The number of halogens is 1. The molecule has 0 saturated carbocycles. The third kappa shape index (κ3) is 5.28. The van der Waals surface area contributed by atoms with Crippen molar-refractivity contribution in [2.24, 2.45) is 0 Å². The smallest absolute Gasteiger partial charge is 0.324 e. The minimum Gasteiger partial charge on any atom is -0.326 e. The summed E-state index contributed by atoms with van der Waals surface area (Å²) >= 11 is 0. The van der Waals surface area contributed by atoms with Gasteiger partial charge in [0.15, 0.2) is 0 Å². The van der Waals surface area contributed by atoms with Gasteiger partial charge in [-0.05, 0) is 53.9 Å². The van der Waals surface area contributed by atoms with Crippen LogP contribution in [0.3, 0.4) is 0 Å². The van der Waals surface area contributed by atoms with Crippen LogP contribution in [0, 0.1) is 5.82 Å². The molecule has 3 aromatic carbocycles. The van der Waals surface area contributed by atoms with E-state index in [9.17, 15) is 14.0 Å². The molecule has 0 aliphatic carbocycles. The third-order valence-corrected chi connectivity index (χ3v) is 5.24. The first-order chi connectivity index (χ1) is 15.1. The highest BCUT2D eigenvalue weighted by molar-refractivity contribution is 5.94. The molecule has 1 N–H and O–H groups in total. The largest absolute Gasteiger partial charge is 0.326 e. The van der Waals surface area contributed by atoms with E-state index in [-0.39, 0.29) is 17.8 Å². The Labute approximate surface area is 181 Å². The lowest BCUT2D eigenvalue weighted by atomic mass is 10.1. The van der Waals surface area contributed by atoms with Crippen molar-refractivity contribution in [3.8, 4) is 0 Å². The zero-order chi connectivity index (χ0) is 21.6. The van der Waals surface area contributed by atoms with Crippen LogP contribution in [-0.2, 0) is 17.8 Å². The molecule has 0 aromatic heterocycles. The fourth-order valence-corrected chi connectivity index (χ4v) is 3.73. The molecule has 0 atom stereocenters. The summed E-state index contributed by atoms with van der Waals surface area (Å²) in [4.78, 5) is 28.7. The summed E-state index contributed by atoms with van der Waals surface area (Å²) in [5.41, 5.74) is 3.18. The van der Waals surface area contributed by atoms with Crippen LogP contribution in [0.4, 0.5) is 20.6 Å². The Bertz CT molecular complexity index is 1050. The van der Waals surface area contributed by atoms with Crippen molar-refractivity contribution in [2.75, 3.05) is 23.3 Å². The Kier molecular flexibility index (Phi) is 6.26. The van der Waals surface area contributed by atoms with Crippen molar-refractivity contribution < 1.29 is 14.0 Å². The number of nitrogens with zero attached hydrogens (tertiary/aromatic N) is 2. The summed E-state index contributed by atoms with van der Waals surface area (Å²) in [6.45, 7) is 1.64. The number of anilines is 2. The van der Waals surface area contributed by atoms with E-state index in [1.54, 1.807) is 28.0 Å². The molecular weight excluding hydrogens is 393 g/mol. The highest BCUT2D eigenvalue weighted by atomic mass is 19.1. The lowest BCUT2D eigenvalue weighted by Gasteiger charge is -2.35. The number of carbonyl (C=O) groups excluding carboxylic acids is 2. The number of amides is 3. The van der Waals surface area contributed by atoms with Crippen molar-refractivity contribution >= 4 is 23.3 Å². The molecule has 1 saturated heterocycles. The number of urea groups is 1. The minimum atomic E-state index is -0.302. The van der Waals surface area contributed by atoms with Crippen molar-refractivity contribution in [1.29, 1.82) is 0 Å². The molecule has 5 nitrogen and oxygen atoms in total. The van der Waals surface area contributed by atoms with Gasteiger partial charge in [0.1, 0.15) is 5.82 Å². The van der Waals surface area contributed by atoms with E-state index in [1.807, 2.05) is 48.5 Å². The predicted molar refractivity (Wildman–Crippen MR) is 119 cm³/mol. The summed E-state index contributed by atoms with van der Waals surface area (Å²) in [6.07, 6.45) is 1.14. The maximum atomic E-state index is 13.5. The van der Waals surface area contributed by atoms with Crippen LogP contribution in [0.1, 0.15) is 17.5 Å². The molecule has 3 aromatic rings. The first-order valence-electron chi connectivity index (χ1n) is 10.3. The summed E-state index contributed by atoms with van der Waals surface area (Å²) in [5.74, 6) is -0.391. The Hall–Kier alpha value is -3.67. The maximum absolute atomic E-state index is 13.5. The van der Waals surface area contributed by atoms with E-state index >= 15 is 0 Å². The lowest BCUT2D eigenvalue weighted by molar-refractivity contribution is -0.115. The van der Waals surface area contributed by atoms with E-state index in [0.717, 1.165) is 23.2 Å². The SMILES string of the molecule is O=C(Cc1ccccc1)Nc1ccc(N2CCCN(Cc3cccc(F)c3)C2=O)cc1. The van der Waals surface area contributed by atoms with Crippen molar-refractivity contribution in [1.82, 2.24) is 4.90 Å². The second-order valence-corrected chi connectivity index (χ2v) is 7.60. The highest BCUT2D eigenvalue weighted by Gasteiger charge is 2.26. The van der Waals surface area contributed by atoms with Gasteiger partial charge in [-0.3, -0.25) is 9.69 Å². The molecule has 31 heavy (non-hydrogen) atoms. The summed E-state index contributed by atoms with van der Waals surface area (Å²) < 4.78 is 13.5. The quantitative estimate of drug-likeness (QED) is 0.624. The van der Waals surface area contributed by atoms with Crippen molar-refractivity contribution in [3.63, 3.8) is 0 Å². The molecule has 0 radical (unpaired) electrons. The molecule has 0 bridgehead atoms. The number of benzene rings is 3. The number of hydrogen-bond donors (Lipinski definition) is 1. The molecule has 4 rings (SSSR count). The number of carbonyl (C=O) groups is 2. The van der Waals surface area contributed by atoms with Crippen LogP contribution in [0.2, 0.25) is 0 Å². The molecule has 1 aliphatic rings. The summed E-state index contributed by atoms with van der Waals surface area (Å²) in [5, 5.41) is 2.89. The van der Waals surface area contributed by atoms with Gasteiger partial charge >= 0.3 is 6.03 Å². The number of hydrogen-bond acceptors (Lipinski definition) is 2. The fraction of sp³-hybridized carbons (Fsp3) is 0.200. The molecule has 1 heterocycles. The van der Waals surface area contributed by atoms with Crippen LogP contribution in [-0.4, -0.2) is 29.9 Å². The second-order valence-electron chi connectivity index (χ2n) is 7.60. The van der Waals surface area contributed by atoms with Gasteiger partial charge in [0.05, 0.1) is 6.42 Å². The molecule has 0 spiro atoms. The lowest BCUT2D eigenvalue weighted by Crippen LogP contribution is -2.49. The average Bonchev–Trinajstić information content (AvgIpc) is 2.77. The molecular formula is C25H24FN3O2. The number of rotatable bonds is 6. The van der Waals surface area contributed by atoms with E-state index in [1.165, 1.54) is 12.1 Å². The van der Waals surface area contributed by atoms with Crippen LogP contribution >= 0.6 is 0 Å². The van der Waals surface area contributed by atoms with Gasteiger partial charge in [0.2, 0.25) is 5.91 Å². The van der Waals surface area contributed by atoms with Gasteiger partial charge in [0.25, 0.3) is 0 Å². The third-order valence-electron chi connectivity index (χ3n) is 5.24. The second kappa shape index (κ2) is 9.43. The Morgan fingerprint density at radius 3 is 2.39 bits per heavy atom. The fourth-order valence-electron chi connectivity index (χ4n) is 3.73. The van der Waals surface area contributed by atoms with Crippen LogP contribution < -0.4 is 10.2 Å². The van der Waals surface area contributed by atoms with Gasteiger partial charge < -0.3 is 10.2 Å². The average molecular weight is 417 g/mol. The maximum Gasteiger partial charge on any atom is 0.324 e. The minimum absolute atomic E-state index is 0.0886. The topological polar surface area (TPSA) is 52.7 Å². The molecule has 158 valence electrons. The first kappa shape index (κ1) is 20.6. The Balaban J connectivity index is 1.38. The number of nitrogens with one attached hydrogen (secondary N) is 1. The van der Waals surface area contributed by atoms with Gasteiger partial charge in [0, 0.05) is 31.0 Å². The van der Waals surface area contributed by atoms with Gasteiger partial charge in [-0.25, -0.2) is 9.18 Å². The molecule has 6 heteroatoms. The van der Waals surface area contributed by atoms with E-state index in [4.69, 9.17) is 0 Å². The highest BCUT2D eigenvalue weighted by Crippen LogP contribution is 2.23. The Morgan fingerprint density at radius 2 is 1.65 bits per heavy atom. The van der Waals surface area contributed by atoms with E-state index in [2.05, 4.69) is 5.32 Å². The predicted octanol–water partition coefficient (Wildman–Crippen LogP) is 4.84. The van der Waals surface area contributed by atoms with Gasteiger partial charge in [-0.15, -0.1) is 0 Å². The van der Waals surface area contributed by atoms with Crippen molar-refractivity contribution in [2.45, 2.75) is 19.4 Å². The van der Waals surface area contributed by atoms with Crippen LogP contribution in [0.25, 0.3) is 0 Å². The van der Waals surface area contributed by atoms with Crippen LogP contribution in [0.5, 0.6) is 0 Å². The van der Waals surface area contributed by atoms with Gasteiger partial charge in [-0.2, -0.15) is 0 Å². The Morgan fingerprint density at radius 1 is 0.903 bits per heavy atom. The first-order valence-corrected chi connectivity index (χ1v) is 10.3.